The van der Waals surface area contributed by atoms with Gasteiger partial charge >= 0.3 is 0 Å². The minimum atomic E-state index is -3.73. The molecule has 1 aliphatic rings. The lowest BCUT2D eigenvalue weighted by Gasteiger charge is -2.31. The molecule has 33 heavy (non-hydrogen) atoms. The van der Waals surface area contributed by atoms with Gasteiger partial charge in [-0.05, 0) is 61.4 Å². The Balaban J connectivity index is 1.68. The summed E-state index contributed by atoms with van der Waals surface area (Å²) in [6.45, 7) is 4.70. The van der Waals surface area contributed by atoms with Crippen molar-refractivity contribution < 1.29 is 21.6 Å². The molecular weight excluding hydrogens is 486 g/mol. The monoisotopic (exact) mass is 513 g/mol. The Hall–Kier alpha value is -1.98. The number of amides is 1. The van der Waals surface area contributed by atoms with Gasteiger partial charge in [0.15, 0.2) is 0 Å². The van der Waals surface area contributed by atoms with Crippen LogP contribution in [-0.4, -0.2) is 57.5 Å². The Bertz CT molecular complexity index is 1180. The van der Waals surface area contributed by atoms with Crippen LogP contribution in [0.25, 0.3) is 0 Å². The maximum atomic E-state index is 13.0. The van der Waals surface area contributed by atoms with Crippen LogP contribution in [0.5, 0.6) is 0 Å². The molecule has 0 radical (unpaired) electrons. The molecule has 0 saturated carbocycles. The summed E-state index contributed by atoms with van der Waals surface area (Å²) < 4.78 is 53.8. The van der Waals surface area contributed by atoms with Gasteiger partial charge in [-0.3, -0.25) is 4.79 Å². The van der Waals surface area contributed by atoms with Crippen LogP contribution in [0.4, 0.5) is 5.69 Å². The van der Waals surface area contributed by atoms with Crippen LogP contribution in [0.2, 0.25) is 5.02 Å². The molecule has 180 valence electrons. The number of sulfonamides is 2. The summed E-state index contributed by atoms with van der Waals surface area (Å²) in [7, 11) is -7.31. The fraction of sp³-hybridized carbons (Fsp3) is 0.409. The molecule has 0 spiro atoms. The van der Waals surface area contributed by atoms with Crippen molar-refractivity contribution in [2.45, 2.75) is 36.5 Å². The Morgan fingerprint density at radius 3 is 2.15 bits per heavy atom. The summed E-state index contributed by atoms with van der Waals surface area (Å²) in [6.07, 6.45) is 1.12. The van der Waals surface area contributed by atoms with Crippen LogP contribution in [0, 0.1) is 5.92 Å². The third-order valence-corrected chi connectivity index (χ3v) is 9.87. The minimum Gasteiger partial charge on any atom is -0.326 e. The maximum Gasteiger partial charge on any atom is 0.243 e. The van der Waals surface area contributed by atoms with Crippen LogP contribution in [-0.2, 0) is 24.8 Å². The van der Waals surface area contributed by atoms with Crippen LogP contribution in [0.15, 0.2) is 58.3 Å². The summed E-state index contributed by atoms with van der Waals surface area (Å²) in [6, 6.07) is 11.9. The number of nitrogens with one attached hydrogen (secondary N) is 1. The Kier molecular flexibility index (Phi) is 8.17. The van der Waals surface area contributed by atoms with Crippen molar-refractivity contribution in [1.29, 1.82) is 0 Å². The Labute approximate surface area is 200 Å². The number of halogens is 1. The van der Waals surface area contributed by atoms with E-state index in [1.807, 2.05) is 0 Å². The molecule has 0 aromatic heterocycles. The predicted molar refractivity (Wildman–Crippen MR) is 128 cm³/mol. The molecule has 1 fully saturated rings. The van der Waals surface area contributed by atoms with Gasteiger partial charge in [0.1, 0.15) is 0 Å². The van der Waals surface area contributed by atoms with Gasteiger partial charge in [0, 0.05) is 36.9 Å². The first kappa shape index (κ1) is 25.6. The third kappa shape index (κ3) is 5.75. The summed E-state index contributed by atoms with van der Waals surface area (Å²) in [5.41, 5.74) is 0.455. The van der Waals surface area contributed by atoms with Gasteiger partial charge in [-0.1, -0.05) is 25.4 Å². The third-order valence-electron chi connectivity index (χ3n) is 5.67. The molecule has 1 saturated heterocycles. The second-order valence-electron chi connectivity index (χ2n) is 7.76. The molecule has 1 atom stereocenters. The van der Waals surface area contributed by atoms with Crippen LogP contribution in [0.1, 0.15) is 26.7 Å². The molecule has 3 rings (SSSR count). The molecule has 0 bridgehead atoms. The van der Waals surface area contributed by atoms with E-state index in [2.05, 4.69) is 5.32 Å². The zero-order valence-corrected chi connectivity index (χ0v) is 21.0. The number of carbonyl (C=O) groups excluding carboxylic acids is 1. The van der Waals surface area contributed by atoms with Gasteiger partial charge in [-0.2, -0.15) is 8.61 Å². The molecule has 2 aromatic rings. The SMILES string of the molecule is CCN(CC)S(=O)(=O)c1ccc(NC(=O)[C@@H]2CCCN(S(=O)(=O)c3ccc(Cl)cc3)C2)cc1. The van der Waals surface area contributed by atoms with E-state index < -0.39 is 26.0 Å². The van der Waals surface area contributed by atoms with Crippen LogP contribution < -0.4 is 5.32 Å². The first-order valence-corrected chi connectivity index (χ1v) is 14.0. The van der Waals surface area contributed by atoms with E-state index in [0.717, 1.165) is 0 Å². The molecule has 0 unspecified atom stereocenters. The number of benzene rings is 2. The van der Waals surface area contributed by atoms with Crippen molar-refractivity contribution >= 4 is 43.2 Å². The lowest BCUT2D eigenvalue weighted by Crippen LogP contribution is -2.43. The minimum absolute atomic E-state index is 0.0746. The fourth-order valence-corrected chi connectivity index (χ4v) is 6.91. The van der Waals surface area contributed by atoms with Crippen molar-refractivity contribution in [2.75, 3.05) is 31.5 Å². The number of nitrogens with zero attached hydrogens (tertiary/aromatic N) is 2. The average Bonchev–Trinajstić information content (AvgIpc) is 2.80. The molecule has 1 N–H and O–H groups in total. The van der Waals surface area contributed by atoms with Gasteiger partial charge in [0.25, 0.3) is 0 Å². The quantitative estimate of drug-likeness (QED) is 0.582. The van der Waals surface area contributed by atoms with Crippen molar-refractivity contribution in [2.24, 2.45) is 5.92 Å². The summed E-state index contributed by atoms with van der Waals surface area (Å²) >= 11 is 5.86. The topological polar surface area (TPSA) is 104 Å². The van der Waals surface area contributed by atoms with E-state index in [0.29, 0.717) is 43.2 Å². The molecule has 1 heterocycles. The largest absolute Gasteiger partial charge is 0.326 e. The van der Waals surface area contributed by atoms with Crippen molar-refractivity contribution in [1.82, 2.24) is 8.61 Å². The first-order valence-electron chi connectivity index (χ1n) is 10.8. The van der Waals surface area contributed by atoms with Gasteiger partial charge in [0.2, 0.25) is 26.0 Å². The number of rotatable bonds is 8. The zero-order chi connectivity index (χ0) is 24.2. The molecule has 0 aliphatic carbocycles. The van der Waals surface area contributed by atoms with Crippen LogP contribution >= 0.6 is 11.6 Å². The van der Waals surface area contributed by atoms with E-state index in [1.54, 1.807) is 26.0 Å². The molecule has 8 nitrogen and oxygen atoms in total. The second kappa shape index (κ2) is 10.5. The van der Waals surface area contributed by atoms with Crippen molar-refractivity contribution in [3.8, 4) is 0 Å². The molecule has 11 heteroatoms. The van der Waals surface area contributed by atoms with Gasteiger partial charge in [-0.25, -0.2) is 16.8 Å². The van der Waals surface area contributed by atoms with Gasteiger partial charge in [0.05, 0.1) is 15.7 Å². The lowest BCUT2D eigenvalue weighted by molar-refractivity contribution is -0.120. The highest BCUT2D eigenvalue weighted by Crippen LogP contribution is 2.26. The normalized spacial score (nSPS) is 17.8. The van der Waals surface area contributed by atoms with Crippen LogP contribution in [0.3, 0.4) is 0 Å². The number of anilines is 1. The first-order chi connectivity index (χ1) is 15.6. The lowest BCUT2D eigenvalue weighted by atomic mass is 9.99. The average molecular weight is 514 g/mol. The predicted octanol–water partition coefficient (Wildman–Crippen LogP) is 3.41. The van der Waals surface area contributed by atoms with Gasteiger partial charge in [-0.15, -0.1) is 0 Å². The summed E-state index contributed by atoms with van der Waals surface area (Å²) in [4.78, 5) is 13.1. The van der Waals surface area contributed by atoms with Crippen molar-refractivity contribution in [3.63, 3.8) is 0 Å². The second-order valence-corrected chi connectivity index (χ2v) is 12.1. The molecule has 2 aromatic carbocycles. The Morgan fingerprint density at radius 1 is 1.00 bits per heavy atom. The number of hydrogen-bond donors (Lipinski definition) is 1. The maximum absolute atomic E-state index is 13.0. The van der Waals surface area contributed by atoms with E-state index in [4.69, 9.17) is 11.6 Å². The number of piperidine rings is 1. The standard InChI is InChI=1S/C22H28ClN3O5S2/c1-3-25(4-2)32(28,29)21-13-9-19(10-14-21)24-22(27)17-6-5-15-26(16-17)33(30,31)20-11-7-18(23)8-12-20/h7-14,17H,3-6,15-16H2,1-2H3,(H,24,27)/t17-/m1/s1. The Morgan fingerprint density at radius 2 is 1.58 bits per heavy atom. The van der Waals surface area contributed by atoms with E-state index in [-0.39, 0.29) is 22.2 Å². The highest BCUT2D eigenvalue weighted by molar-refractivity contribution is 7.89. The molecule has 1 aliphatic heterocycles. The molecular formula is C22H28ClN3O5S2. The van der Waals surface area contributed by atoms with E-state index >= 15 is 0 Å². The van der Waals surface area contributed by atoms with Gasteiger partial charge < -0.3 is 5.32 Å². The fourth-order valence-electron chi connectivity index (χ4n) is 3.80. The highest BCUT2D eigenvalue weighted by atomic mass is 35.5. The smallest absolute Gasteiger partial charge is 0.243 e. The van der Waals surface area contributed by atoms with E-state index in [9.17, 15) is 21.6 Å². The van der Waals surface area contributed by atoms with E-state index in [1.165, 1.54) is 45.0 Å². The number of hydrogen-bond acceptors (Lipinski definition) is 5. The molecule has 1 amide bonds. The summed E-state index contributed by atoms with van der Waals surface area (Å²) in [5.74, 6) is -0.815. The summed E-state index contributed by atoms with van der Waals surface area (Å²) in [5, 5.41) is 3.23. The van der Waals surface area contributed by atoms with Crippen molar-refractivity contribution in [3.05, 3.63) is 53.6 Å². The zero-order valence-electron chi connectivity index (χ0n) is 18.6. The highest BCUT2D eigenvalue weighted by Gasteiger charge is 2.33. The number of carbonyl (C=O) groups is 1.